The van der Waals surface area contributed by atoms with Crippen molar-refractivity contribution in [2.75, 3.05) is 6.54 Å². The van der Waals surface area contributed by atoms with E-state index >= 15 is 0 Å². The SMILES string of the molecule is O=C(O)C1=CNN2CCC(c3cccc(F)c3)NC12. The van der Waals surface area contributed by atoms with E-state index in [0.717, 1.165) is 12.0 Å². The van der Waals surface area contributed by atoms with Gasteiger partial charge in [-0.05, 0) is 24.1 Å². The lowest BCUT2D eigenvalue weighted by atomic mass is 10.00. The number of rotatable bonds is 2. The van der Waals surface area contributed by atoms with E-state index in [4.69, 9.17) is 5.11 Å². The molecule has 0 spiro atoms. The largest absolute Gasteiger partial charge is 0.478 e. The molecule has 1 fully saturated rings. The molecule has 1 saturated heterocycles. The number of benzene rings is 1. The molecule has 1 aromatic rings. The van der Waals surface area contributed by atoms with Crippen molar-refractivity contribution in [2.24, 2.45) is 0 Å². The summed E-state index contributed by atoms with van der Waals surface area (Å²) in [5, 5.41) is 14.2. The third-order valence-electron chi connectivity index (χ3n) is 3.51. The molecular formula is C13H14FN3O2. The number of aliphatic carboxylic acids is 1. The zero-order valence-corrected chi connectivity index (χ0v) is 10.1. The van der Waals surface area contributed by atoms with Crippen LogP contribution in [0.3, 0.4) is 0 Å². The summed E-state index contributed by atoms with van der Waals surface area (Å²) >= 11 is 0. The van der Waals surface area contributed by atoms with E-state index in [0.29, 0.717) is 6.54 Å². The van der Waals surface area contributed by atoms with Gasteiger partial charge in [0.2, 0.25) is 0 Å². The first-order valence-electron chi connectivity index (χ1n) is 6.13. The number of fused-ring (bicyclic) bond motifs is 1. The van der Waals surface area contributed by atoms with Crippen molar-refractivity contribution in [3.8, 4) is 0 Å². The van der Waals surface area contributed by atoms with Crippen LogP contribution in [-0.4, -0.2) is 28.8 Å². The molecule has 6 heteroatoms. The summed E-state index contributed by atoms with van der Waals surface area (Å²) in [5.41, 5.74) is 4.05. The van der Waals surface area contributed by atoms with Crippen molar-refractivity contribution in [3.63, 3.8) is 0 Å². The highest BCUT2D eigenvalue weighted by atomic mass is 19.1. The first-order valence-corrected chi connectivity index (χ1v) is 6.13. The highest BCUT2D eigenvalue weighted by Crippen LogP contribution is 2.27. The maximum Gasteiger partial charge on any atom is 0.336 e. The molecule has 2 unspecified atom stereocenters. The van der Waals surface area contributed by atoms with Gasteiger partial charge in [0.25, 0.3) is 0 Å². The van der Waals surface area contributed by atoms with Crippen LogP contribution in [0, 0.1) is 5.82 Å². The Labute approximate surface area is 109 Å². The van der Waals surface area contributed by atoms with Crippen molar-refractivity contribution >= 4 is 5.97 Å². The number of nitrogens with zero attached hydrogens (tertiary/aromatic N) is 1. The predicted octanol–water partition coefficient (Wildman–Crippen LogP) is 0.975. The smallest absolute Gasteiger partial charge is 0.336 e. The molecule has 0 bridgehead atoms. The van der Waals surface area contributed by atoms with Crippen LogP contribution in [0.1, 0.15) is 18.0 Å². The van der Waals surface area contributed by atoms with Gasteiger partial charge >= 0.3 is 5.97 Å². The summed E-state index contributed by atoms with van der Waals surface area (Å²) < 4.78 is 13.2. The summed E-state index contributed by atoms with van der Waals surface area (Å²) in [5.74, 6) is -1.23. The van der Waals surface area contributed by atoms with E-state index in [1.54, 1.807) is 6.07 Å². The fraction of sp³-hybridized carbons (Fsp3) is 0.308. The molecule has 0 aliphatic carbocycles. The number of carboxylic acid groups (broad SMARTS) is 1. The number of halogens is 1. The van der Waals surface area contributed by atoms with Gasteiger partial charge in [0.15, 0.2) is 0 Å². The van der Waals surface area contributed by atoms with Crippen LogP contribution in [0.15, 0.2) is 36.0 Å². The lowest BCUT2D eigenvalue weighted by Gasteiger charge is -2.36. The molecule has 5 nitrogen and oxygen atoms in total. The third-order valence-corrected chi connectivity index (χ3v) is 3.51. The monoisotopic (exact) mass is 263 g/mol. The van der Waals surface area contributed by atoms with Crippen LogP contribution >= 0.6 is 0 Å². The highest BCUT2D eigenvalue weighted by Gasteiger charge is 2.37. The third kappa shape index (κ3) is 2.20. The fourth-order valence-corrected chi connectivity index (χ4v) is 2.55. The van der Waals surface area contributed by atoms with Crippen molar-refractivity contribution in [3.05, 3.63) is 47.4 Å². The molecule has 0 saturated carbocycles. The van der Waals surface area contributed by atoms with Crippen LogP contribution in [0.5, 0.6) is 0 Å². The molecule has 1 aromatic carbocycles. The maximum absolute atomic E-state index is 13.2. The number of carboxylic acids is 1. The minimum atomic E-state index is -0.951. The lowest BCUT2D eigenvalue weighted by Crippen LogP contribution is -2.54. The quantitative estimate of drug-likeness (QED) is 0.742. The second-order valence-electron chi connectivity index (χ2n) is 4.69. The fourth-order valence-electron chi connectivity index (χ4n) is 2.55. The maximum atomic E-state index is 13.2. The normalized spacial score (nSPS) is 26.5. The zero-order valence-electron chi connectivity index (χ0n) is 10.1. The summed E-state index contributed by atoms with van der Waals surface area (Å²) in [6, 6.07) is 6.36. The zero-order chi connectivity index (χ0) is 13.4. The van der Waals surface area contributed by atoms with E-state index in [-0.39, 0.29) is 23.6 Å². The molecule has 0 amide bonds. The van der Waals surface area contributed by atoms with Crippen molar-refractivity contribution in [1.29, 1.82) is 0 Å². The van der Waals surface area contributed by atoms with Crippen LogP contribution in [0.4, 0.5) is 4.39 Å². The average Bonchev–Trinajstić information content (AvgIpc) is 2.81. The van der Waals surface area contributed by atoms with Gasteiger partial charge < -0.3 is 10.5 Å². The molecule has 3 N–H and O–H groups in total. The molecule has 2 atom stereocenters. The first-order chi connectivity index (χ1) is 9.15. The Hall–Kier alpha value is -1.92. The van der Waals surface area contributed by atoms with Gasteiger partial charge in [0.05, 0.1) is 5.57 Å². The van der Waals surface area contributed by atoms with Gasteiger partial charge in [-0.15, -0.1) is 0 Å². The van der Waals surface area contributed by atoms with Crippen LogP contribution in [-0.2, 0) is 4.79 Å². The van der Waals surface area contributed by atoms with E-state index in [1.165, 1.54) is 18.3 Å². The summed E-state index contributed by atoms with van der Waals surface area (Å²) in [7, 11) is 0. The van der Waals surface area contributed by atoms with Crippen molar-refractivity contribution in [2.45, 2.75) is 18.6 Å². The Balaban J connectivity index is 1.81. The Morgan fingerprint density at radius 1 is 1.47 bits per heavy atom. The van der Waals surface area contributed by atoms with Gasteiger partial charge in [0.1, 0.15) is 12.0 Å². The lowest BCUT2D eigenvalue weighted by molar-refractivity contribution is -0.133. The summed E-state index contributed by atoms with van der Waals surface area (Å²) in [6.45, 7) is 0.701. The van der Waals surface area contributed by atoms with E-state index in [1.807, 2.05) is 11.1 Å². The molecule has 2 heterocycles. The van der Waals surface area contributed by atoms with Crippen LogP contribution < -0.4 is 10.7 Å². The van der Waals surface area contributed by atoms with Crippen molar-refractivity contribution in [1.82, 2.24) is 15.8 Å². The summed E-state index contributed by atoms with van der Waals surface area (Å²) in [6.07, 6.45) is 1.90. The first kappa shape index (κ1) is 12.1. The highest BCUT2D eigenvalue weighted by molar-refractivity contribution is 5.88. The minimum absolute atomic E-state index is 0.0420. The molecule has 19 heavy (non-hydrogen) atoms. The van der Waals surface area contributed by atoms with Crippen molar-refractivity contribution < 1.29 is 14.3 Å². The topological polar surface area (TPSA) is 64.6 Å². The second-order valence-corrected chi connectivity index (χ2v) is 4.69. The summed E-state index contributed by atoms with van der Waals surface area (Å²) in [4.78, 5) is 11.1. The number of carbonyl (C=O) groups is 1. The average molecular weight is 263 g/mol. The molecule has 100 valence electrons. The van der Waals surface area contributed by atoms with Gasteiger partial charge in [0, 0.05) is 18.8 Å². The molecule has 3 rings (SSSR count). The molecule has 0 aromatic heterocycles. The van der Waals surface area contributed by atoms with Crippen LogP contribution in [0.25, 0.3) is 0 Å². The molecule has 0 radical (unpaired) electrons. The Morgan fingerprint density at radius 2 is 2.32 bits per heavy atom. The Kier molecular flexibility index (Phi) is 2.96. The van der Waals surface area contributed by atoms with E-state index in [9.17, 15) is 9.18 Å². The number of hydrazine groups is 1. The standard InChI is InChI=1S/C13H14FN3O2/c14-9-3-1-2-8(6-9)11-4-5-17-12(16-11)10(7-15-17)13(18)19/h1-3,6-7,11-12,15-16H,4-5H2,(H,18,19). The van der Waals surface area contributed by atoms with Gasteiger partial charge in [-0.25, -0.2) is 14.2 Å². The molecular weight excluding hydrogens is 249 g/mol. The predicted molar refractivity (Wildman–Crippen MR) is 66.2 cm³/mol. The Bertz CT molecular complexity index is 546. The van der Waals surface area contributed by atoms with Gasteiger partial charge in [-0.2, -0.15) is 0 Å². The van der Waals surface area contributed by atoms with Crippen LogP contribution in [0.2, 0.25) is 0 Å². The minimum Gasteiger partial charge on any atom is -0.478 e. The van der Waals surface area contributed by atoms with Gasteiger partial charge in [-0.1, -0.05) is 12.1 Å². The molecule has 2 aliphatic rings. The van der Waals surface area contributed by atoms with Gasteiger partial charge in [-0.3, -0.25) is 5.32 Å². The number of hydrogen-bond acceptors (Lipinski definition) is 4. The number of hydrogen-bond donors (Lipinski definition) is 3. The number of nitrogens with one attached hydrogen (secondary N) is 2. The second kappa shape index (κ2) is 4.64. The van der Waals surface area contributed by atoms with E-state index in [2.05, 4.69) is 10.7 Å². The molecule has 2 aliphatic heterocycles. The Morgan fingerprint density at radius 3 is 3.05 bits per heavy atom. The van der Waals surface area contributed by atoms with E-state index < -0.39 is 5.97 Å².